The van der Waals surface area contributed by atoms with Crippen molar-refractivity contribution in [3.05, 3.63) is 48.2 Å². The maximum absolute atomic E-state index is 8.44. The SMILES string of the molecule is N#CCC=Cc1ccnc2ccccc12. The molecule has 1 aromatic carbocycles. The van der Waals surface area contributed by atoms with Gasteiger partial charge in [0.2, 0.25) is 0 Å². The molecular formula is C13H10N2. The fraction of sp³-hybridized carbons (Fsp3) is 0.0769. The number of nitrogens with zero attached hydrogens (tertiary/aromatic N) is 2. The van der Waals surface area contributed by atoms with E-state index < -0.39 is 0 Å². The van der Waals surface area contributed by atoms with E-state index in [1.54, 1.807) is 6.20 Å². The predicted octanol–water partition coefficient (Wildman–Crippen LogP) is 3.16. The third-order valence-corrected chi connectivity index (χ3v) is 2.19. The second-order valence-corrected chi connectivity index (χ2v) is 3.18. The average molecular weight is 194 g/mol. The van der Waals surface area contributed by atoms with Crippen molar-refractivity contribution in [2.24, 2.45) is 0 Å². The topological polar surface area (TPSA) is 36.7 Å². The van der Waals surface area contributed by atoms with E-state index in [0.29, 0.717) is 6.42 Å². The molecule has 0 aliphatic rings. The van der Waals surface area contributed by atoms with Gasteiger partial charge in [-0.25, -0.2) is 0 Å². The van der Waals surface area contributed by atoms with Crippen LogP contribution in [0.1, 0.15) is 12.0 Å². The van der Waals surface area contributed by atoms with Gasteiger partial charge in [-0.05, 0) is 17.7 Å². The quantitative estimate of drug-likeness (QED) is 0.736. The van der Waals surface area contributed by atoms with Gasteiger partial charge in [-0.2, -0.15) is 5.26 Å². The molecule has 0 bridgehead atoms. The highest BCUT2D eigenvalue weighted by atomic mass is 14.6. The number of allylic oxidation sites excluding steroid dienone is 1. The molecule has 72 valence electrons. The maximum atomic E-state index is 8.44. The molecule has 0 aliphatic heterocycles. The standard InChI is InChI=1S/C13H10N2/c14-9-4-3-5-11-8-10-15-13-7-2-1-6-12(11)13/h1-3,5-8,10H,4H2. The van der Waals surface area contributed by atoms with Crippen molar-refractivity contribution in [3.63, 3.8) is 0 Å². The Hall–Kier alpha value is -2.14. The molecule has 15 heavy (non-hydrogen) atoms. The molecule has 0 unspecified atom stereocenters. The third kappa shape index (κ3) is 2.03. The van der Waals surface area contributed by atoms with Crippen molar-refractivity contribution in [1.82, 2.24) is 4.98 Å². The van der Waals surface area contributed by atoms with Crippen LogP contribution in [0.25, 0.3) is 17.0 Å². The first-order valence-corrected chi connectivity index (χ1v) is 4.79. The minimum atomic E-state index is 0.441. The van der Waals surface area contributed by atoms with E-state index in [1.807, 2.05) is 42.5 Å². The van der Waals surface area contributed by atoms with E-state index >= 15 is 0 Å². The summed E-state index contributed by atoms with van der Waals surface area (Å²) in [6.45, 7) is 0. The molecular weight excluding hydrogens is 184 g/mol. The van der Waals surface area contributed by atoms with Gasteiger partial charge in [0.05, 0.1) is 18.0 Å². The Balaban J connectivity index is 2.48. The number of rotatable bonds is 2. The van der Waals surface area contributed by atoms with Crippen LogP contribution in [0.2, 0.25) is 0 Å². The van der Waals surface area contributed by atoms with Crippen molar-refractivity contribution in [1.29, 1.82) is 5.26 Å². The van der Waals surface area contributed by atoms with Gasteiger partial charge in [-0.3, -0.25) is 4.98 Å². The minimum absolute atomic E-state index is 0.441. The first-order valence-electron chi connectivity index (χ1n) is 4.79. The summed E-state index contributed by atoms with van der Waals surface area (Å²) in [4.78, 5) is 4.27. The second-order valence-electron chi connectivity index (χ2n) is 3.18. The molecule has 0 N–H and O–H groups in total. The summed E-state index contributed by atoms with van der Waals surface area (Å²) in [5, 5.41) is 9.56. The molecule has 1 heterocycles. The number of fused-ring (bicyclic) bond motifs is 1. The fourth-order valence-corrected chi connectivity index (χ4v) is 1.50. The zero-order valence-corrected chi connectivity index (χ0v) is 8.22. The molecule has 0 fully saturated rings. The summed E-state index contributed by atoms with van der Waals surface area (Å²) in [5.74, 6) is 0. The van der Waals surface area contributed by atoms with E-state index in [2.05, 4.69) is 11.1 Å². The van der Waals surface area contributed by atoms with Gasteiger partial charge in [0, 0.05) is 11.6 Å². The van der Waals surface area contributed by atoms with Crippen LogP contribution in [0.5, 0.6) is 0 Å². The molecule has 0 amide bonds. The zero-order chi connectivity index (χ0) is 10.5. The number of nitriles is 1. The second kappa shape index (κ2) is 4.39. The summed E-state index contributed by atoms with van der Waals surface area (Å²) < 4.78 is 0. The van der Waals surface area contributed by atoms with Crippen LogP contribution in [0.3, 0.4) is 0 Å². The number of pyridine rings is 1. The molecule has 0 saturated heterocycles. The van der Waals surface area contributed by atoms with Crippen LogP contribution in [0, 0.1) is 11.3 Å². The molecule has 2 nitrogen and oxygen atoms in total. The lowest BCUT2D eigenvalue weighted by atomic mass is 10.1. The van der Waals surface area contributed by atoms with Crippen LogP contribution in [-0.2, 0) is 0 Å². The maximum Gasteiger partial charge on any atom is 0.0707 e. The smallest absolute Gasteiger partial charge is 0.0707 e. The lowest BCUT2D eigenvalue weighted by Crippen LogP contribution is -1.81. The van der Waals surface area contributed by atoms with Crippen molar-refractivity contribution >= 4 is 17.0 Å². The Bertz CT molecular complexity index is 530. The molecule has 0 radical (unpaired) electrons. The Morgan fingerprint density at radius 2 is 2.13 bits per heavy atom. The normalized spacial score (nSPS) is 10.6. The van der Waals surface area contributed by atoms with Crippen LogP contribution >= 0.6 is 0 Å². The Labute approximate surface area is 88.5 Å². The molecule has 0 spiro atoms. The molecule has 0 atom stereocenters. The first-order chi connectivity index (χ1) is 7.42. The van der Waals surface area contributed by atoms with Gasteiger partial charge in [-0.15, -0.1) is 0 Å². The summed E-state index contributed by atoms with van der Waals surface area (Å²) >= 11 is 0. The number of hydrogen-bond donors (Lipinski definition) is 0. The molecule has 0 aliphatic carbocycles. The van der Waals surface area contributed by atoms with E-state index in [1.165, 1.54) is 0 Å². The van der Waals surface area contributed by atoms with Crippen LogP contribution in [0.4, 0.5) is 0 Å². The van der Waals surface area contributed by atoms with Crippen molar-refractivity contribution in [3.8, 4) is 6.07 Å². The monoisotopic (exact) mass is 194 g/mol. The largest absolute Gasteiger partial charge is 0.256 e. The van der Waals surface area contributed by atoms with E-state index in [0.717, 1.165) is 16.5 Å². The highest BCUT2D eigenvalue weighted by Gasteiger charge is 1.96. The van der Waals surface area contributed by atoms with Crippen LogP contribution in [-0.4, -0.2) is 4.98 Å². The van der Waals surface area contributed by atoms with E-state index in [-0.39, 0.29) is 0 Å². The minimum Gasteiger partial charge on any atom is -0.256 e. The zero-order valence-electron chi connectivity index (χ0n) is 8.22. The van der Waals surface area contributed by atoms with Gasteiger partial charge in [-0.1, -0.05) is 30.4 Å². The first kappa shape index (κ1) is 9.42. The molecule has 2 heteroatoms. The lowest BCUT2D eigenvalue weighted by Gasteiger charge is -1.99. The van der Waals surface area contributed by atoms with Gasteiger partial charge in [0.1, 0.15) is 0 Å². The van der Waals surface area contributed by atoms with Crippen LogP contribution < -0.4 is 0 Å². The summed E-state index contributed by atoms with van der Waals surface area (Å²) in [7, 11) is 0. The van der Waals surface area contributed by atoms with Gasteiger partial charge in [0.15, 0.2) is 0 Å². The molecule has 1 aromatic heterocycles. The average Bonchev–Trinajstić information content (AvgIpc) is 2.30. The predicted molar refractivity (Wildman–Crippen MR) is 61.0 cm³/mol. The van der Waals surface area contributed by atoms with Gasteiger partial charge in [0.25, 0.3) is 0 Å². The Kier molecular flexibility index (Phi) is 2.75. The van der Waals surface area contributed by atoms with Crippen LogP contribution in [0.15, 0.2) is 42.6 Å². The van der Waals surface area contributed by atoms with Crippen molar-refractivity contribution in [2.75, 3.05) is 0 Å². The molecule has 2 rings (SSSR count). The summed E-state index contributed by atoms with van der Waals surface area (Å²) in [6, 6.07) is 12.0. The third-order valence-electron chi connectivity index (χ3n) is 2.19. The summed E-state index contributed by atoms with van der Waals surface area (Å²) in [6.07, 6.45) is 6.06. The van der Waals surface area contributed by atoms with E-state index in [9.17, 15) is 0 Å². The van der Waals surface area contributed by atoms with Gasteiger partial charge >= 0.3 is 0 Å². The van der Waals surface area contributed by atoms with Gasteiger partial charge < -0.3 is 0 Å². The molecule has 2 aromatic rings. The Morgan fingerprint density at radius 3 is 3.00 bits per heavy atom. The van der Waals surface area contributed by atoms with Crippen molar-refractivity contribution in [2.45, 2.75) is 6.42 Å². The summed E-state index contributed by atoms with van der Waals surface area (Å²) in [5.41, 5.74) is 2.09. The highest BCUT2D eigenvalue weighted by molar-refractivity contribution is 5.87. The lowest BCUT2D eigenvalue weighted by molar-refractivity contribution is 1.36. The molecule has 0 saturated carbocycles. The fourth-order valence-electron chi connectivity index (χ4n) is 1.50. The number of aromatic nitrogens is 1. The highest BCUT2D eigenvalue weighted by Crippen LogP contribution is 2.17. The van der Waals surface area contributed by atoms with E-state index in [4.69, 9.17) is 5.26 Å². The number of hydrogen-bond acceptors (Lipinski definition) is 2. The number of benzene rings is 1. The van der Waals surface area contributed by atoms with Crippen molar-refractivity contribution < 1.29 is 0 Å². The Morgan fingerprint density at radius 1 is 1.27 bits per heavy atom. The number of para-hydroxylation sites is 1.